The number of β-lactam (4-membered cyclic amide) rings is 1. The van der Waals surface area contributed by atoms with Gasteiger partial charge in [-0.2, -0.15) is 9.50 Å². The van der Waals surface area contributed by atoms with Crippen molar-refractivity contribution in [3.8, 4) is 11.5 Å². The predicted molar refractivity (Wildman–Crippen MR) is 373 cm³/mol. The fraction of sp³-hybridized carbons (Fsp3) is 0.145. The topological polar surface area (TPSA) is 252 Å². The highest BCUT2D eigenvalue weighted by atomic mass is 32.2. The summed E-state index contributed by atoms with van der Waals surface area (Å²) in [5.74, 6) is -5.55. The van der Waals surface area contributed by atoms with Crippen LogP contribution in [0.15, 0.2) is 258 Å². The molecule has 0 spiro atoms. The number of thiazole rings is 1. The Balaban J connectivity index is 0.830. The van der Waals surface area contributed by atoms with Crippen molar-refractivity contribution in [1.82, 2.24) is 40.1 Å². The molecule has 99 heavy (non-hydrogen) atoms. The molecule has 11 aromatic rings. The number of aromatic nitrogens is 5. The summed E-state index contributed by atoms with van der Waals surface area (Å²) in [7, 11) is 0. The molecule has 1 saturated heterocycles. The Kier molecular flexibility index (Phi) is 19.7. The van der Waals surface area contributed by atoms with Gasteiger partial charge in [-0.25, -0.2) is 19.6 Å². The fourth-order valence-electron chi connectivity index (χ4n) is 11.8. The molecule has 3 aromatic heterocycles. The van der Waals surface area contributed by atoms with Crippen molar-refractivity contribution in [3.63, 3.8) is 0 Å². The van der Waals surface area contributed by atoms with Gasteiger partial charge in [0.2, 0.25) is 5.91 Å². The molecule has 1 fully saturated rings. The minimum Gasteiger partial charge on any atom is -0.448 e. The van der Waals surface area contributed by atoms with Crippen LogP contribution in [-0.4, -0.2) is 94.0 Å². The first-order valence-corrected chi connectivity index (χ1v) is 34.3. The Morgan fingerprint density at radius 3 is 1.62 bits per heavy atom. The van der Waals surface area contributed by atoms with Crippen molar-refractivity contribution in [1.29, 1.82) is 0 Å². The lowest BCUT2D eigenvalue weighted by Gasteiger charge is -2.50. The van der Waals surface area contributed by atoms with Gasteiger partial charge in [0.25, 0.3) is 23.4 Å². The van der Waals surface area contributed by atoms with Crippen molar-refractivity contribution in [2.75, 3.05) is 16.8 Å². The lowest BCUT2D eigenvalue weighted by molar-refractivity contribution is -0.154. The zero-order valence-electron chi connectivity index (χ0n) is 53.3. The number of benzene rings is 8. The van der Waals surface area contributed by atoms with Crippen molar-refractivity contribution in [2.24, 2.45) is 0 Å². The number of carbonyl (C=O) groups excluding carboxylic acids is 7. The van der Waals surface area contributed by atoms with Gasteiger partial charge in [-0.15, -0.1) is 40.0 Å². The van der Waals surface area contributed by atoms with E-state index in [1.54, 1.807) is 18.4 Å². The van der Waals surface area contributed by atoms with Crippen molar-refractivity contribution in [2.45, 2.75) is 61.0 Å². The molecule has 2 aliphatic rings. The minimum atomic E-state index is -1.59. The first-order valence-electron chi connectivity index (χ1n) is 31.4. The molecular formula is C76H61N9O11S3. The number of hydrogen-bond donors (Lipinski definition) is 3. The third kappa shape index (κ3) is 14.3. The van der Waals surface area contributed by atoms with Gasteiger partial charge in [-0.3, -0.25) is 28.9 Å². The Morgan fingerprint density at radius 1 is 0.606 bits per heavy atom. The van der Waals surface area contributed by atoms with Crippen LogP contribution in [0, 0.1) is 6.92 Å². The zero-order chi connectivity index (χ0) is 68.6. The van der Waals surface area contributed by atoms with Crippen LogP contribution in [0.4, 0.5) is 5.13 Å². The normalized spacial score (nSPS) is 14.6. The summed E-state index contributed by atoms with van der Waals surface area (Å²) in [6.45, 7) is 4.09. The SMILES string of the molecule is CC(=O)Oc1ccc(C(=O)NC(C(=O)N[C@@H]2C(=O)N3C(C(=O)OC(c4ccccc4)c4ccccc4)=C(CSc4cc(C)nc5nc(C(=O)OC(c6ccccc6)c6ccccc6)nn45)CS[C@H]23)c2csc(NC(c3ccccc3)(c3ccccc3)c3ccccc3)n2)cc1OC(C)=O. The van der Waals surface area contributed by atoms with Crippen LogP contribution < -0.4 is 25.4 Å². The summed E-state index contributed by atoms with van der Waals surface area (Å²) in [6, 6.07) is 69.4. The second-order valence-corrected chi connectivity index (χ2v) is 26.0. The van der Waals surface area contributed by atoms with E-state index in [-0.39, 0.29) is 51.6 Å². The van der Waals surface area contributed by atoms with Crippen LogP contribution in [-0.2, 0) is 39.0 Å². The van der Waals surface area contributed by atoms with Gasteiger partial charge in [0.1, 0.15) is 27.7 Å². The third-order valence-electron chi connectivity index (χ3n) is 16.4. The highest BCUT2D eigenvalue weighted by Crippen LogP contribution is 2.45. The molecule has 0 aliphatic carbocycles. The van der Waals surface area contributed by atoms with Crippen LogP contribution in [0.5, 0.6) is 11.5 Å². The molecule has 3 atom stereocenters. The molecule has 8 aromatic carbocycles. The van der Waals surface area contributed by atoms with Gasteiger partial charge in [-0.05, 0) is 75.7 Å². The van der Waals surface area contributed by atoms with Crippen LogP contribution in [0.1, 0.15) is 103 Å². The molecule has 3 N–H and O–H groups in total. The largest absolute Gasteiger partial charge is 0.448 e. The smallest absolute Gasteiger partial charge is 0.379 e. The van der Waals surface area contributed by atoms with Gasteiger partial charge < -0.3 is 34.9 Å². The molecule has 0 saturated carbocycles. The molecular weight excluding hydrogens is 1310 g/mol. The molecule has 0 bridgehead atoms. The number of esters is 4. The Hall–Kier alpha value is -11.5. The molecule has 494 valence electrons. The number of anilines is 1. The number of amides is 3. The maximum Gasteiger partial charge on any atom is 0.379 e. The van der Waals surface area contributed by atoms with E-state index in [2.05, 4.69) is 31.0 Å². The summed E-state index contributed by atoms with van der Waals surface area (Å²) in [5, 5.41) is 15.7. The van der Waals surface area contributed by atoms with Gasteiger partial charge in [0.05, 0.1) is 5.69 Å². The average Bonchev–Trinajstić information content (AvgIpc) is 0.984. The number of nitrogens with zero attached hydrogens (tertiary/aromatic N) is 6. The molecule has 2 aliphatic heterocycles. The Morgan fingerprint density at radius 2 is 1.10 bits per heavy atom. The zero-order valence-corrected chi connectivity index (χ0v) is 55.7. The van der Waals surface area contributed by atoms with Gasteiger partial charge in [-0.1, -0.05) is 212 Å². The first kappa shape index (κ1) is 66.1. The highest BCUT2D eigenvalue weighted by molar-refractivity contribution is 8.01. The van der Waals surface area contributed by atoms with E-state index in [1.165, 1.54) is 69.4 Å². The highest BCUT2D eigenvalue weighted by Gasteiger charge is 2.55. The van der Waals surface area contributed by atoms with E-state index in [1.807, 2.05) is 212 Å². The van der Waals surface area contributed by atoms with E-state index in [0.29, 0.717) is 32.6 Å². The second-order valence-electron chi connectivity index (χ2n) is 23.0. The van der Waals surface area contributed by atoms with Crippen molar-refractivity contribution >= 4 is 87.4 Å². The number of fused-ring (bicyclic) bond motifs is 2. The molecule has 1 unspecified atom stereocenters. The van der Waals surface area contributed by atoms with Gasteiger partial charge in [0, 0.05) is 42.0 Å². The van der Waals surface area contributed by atoms with Gasteiger partial charge >= 0.3 is 23.9 Å². The van der Waals surface area contributed by atoms with E-state index in [9.17, 15) is 19.2 Å². The Labute approximate surface area is 580 Å². The Bertz CT molecular complexity index is 4670. The predicted octanol–water partition coefficient (Wildman–Crippen LogP) is 12.3. The van der Waals surface area contributed by atoms with Crippen LogP contribution in [0.2, 0.25) is 0 Å². The maximum absolute atomic E-state index is 15.4. The van der Waals surface area contributed by atoms with Crippen LogP contribution >= 0.6 is 34.9 Å². The lowest BCUT2D eigenvalue weighted by atomic mass is 9.77. The third-order valence-corrected chi connectivity index (χ3v) is 19.6. The second kappa shape index (κ2) is 29.4. The average molecular weight is 1370 g/mol. The maximum atomic E-state index is 15.4. The lowest BCUT2D eigenvalue weighted by Crippen LogP contribution is -2.71. The van der Waals surface area contributed by atoms with E-state index >= 15 is 14.4 Å². The number of rotatable bonds is 23. The number of carbonyl (C=O) groups is 7. The minimum absolute atomic E-state index is 0.0315. The first-order chi connectivity index (χ1) is 48.2. The van der Waals surface area contributed by atoms with E-state index in [0.717, 1.165) is 34.7 Å². The number of hydrogen-bond acceptors (Lipinski definition) is 19. The fourth-order valence-corrected chi connectivity index (χ4v) is 15.2. The number of nitrogens with one attached hydrogen (secondary N) is 3. The molecule has 3 amide bonds. The molecule has 5 heterocycles. The number of thioether (sulfide) groups is 2. The van der Waals surface area contributed by atoms with Crippen molar-refractivity contribution < 1.29 is 52.5 Å². The summed E-state index contributed by atoms with van der Waals surface area (Å²) >= 11 is 3.77. The quantitative estimate of drug-likeness (QED) is 0.0134. The molecule has 13 rings (SSSR count). The summed E-state index contributed by atoms with van der Waals surface area (Å²) in [5.41, 5.74) is 5.46. The number of aryl methyl sites for hydroxylation is 1. The summed E-state index contributed by atoms with van der Waals surface area (Å²) < 4.78 is 24.8. The van der Waals surface area contributed by atoms with E-state index in [4.69, 9.17) is 23.9 Å². The van der Waals surface area contributed by atoms with Crippen molar-refractivity contribution in [3.05, 3.63) is 315 Å². The van der Waals surface area contributed by atoms with Gasteiger partial charge in [0.15, 0.2) is 34.9 Å². The molecule has 20 nitrogen and oxygen atoms in total. The van der Waals surface area contributed by atoms with Crippen LogP contribution in [0.3, 0.4) is 0 Å². The summed E-state index contributed by atoms with van der Waals surface area (Å²) in [4.78, 5) is 115. The number of ether oxygens (including phenoxy) is 4. The van der Waals surface area contributed by atoms with E-state index < -0.39 is 76.8 Å². The standard InChI is InChI=1S/C76H61N9O11S3/c1-46-41-61(85-74(77-46)81-67(83-85)73(92)96-66(51-29-15-6-16-30-51)52-31-17-7-18-32-52)97-43-54-44-98-71-63(70(90)84(71)64(54)72(91)95-65(49-25-11-4-12-26-49)50-27-13-5-14-28-50)80-69(89)62(79-68(88)53-39-40-59(93-47(2)86)60(42-53)94-48(3)87)58-45-99-75(78-58)82-76(55-33-19-8-20-34-55,56-35-21-9-22-36-56)57-37-23-10-24-38-57/h4-42,45,62-63,65-66,71H,43-44H2,1-3H3,(H,78,82)(H,79,88)(H,80,89)/t62?,63-,71-/m1/s1. The summed E-state index contributed by atoms with van der Waals surface area (Å²) in [6.07, 6.45) is -1.68. The molecule has 23 heteroatoms. The molecule has 0 radical (unpaired) electrons. The van der Waals surface area contributed by atoms with Crippen LogP contribution in [0.25, 0.3) is 5.78 Å². The monoisotopic (exact) mass is 1370 g/mol.